The highest BCUT2D eigenvalue weighted by Gasteiger charge is 2.22. The molecule has 1 amide bonds. The van der Waals surface area contributed by atoms with Gasteiger partial charge in [-0.1, -0.05) is 70.4 Å². The fraction of sp³-hybridized carbons (Fsp3) is 0.818. The van der Waals surface area contributed by atoms with Crippen molar-refractivity contribution in [3.05, 3.63) is 11.6 Å². The molecule has 0 saturated carbocycles. The van der Waals surface area contributed by atoms with Crippen LogP contribution in [0.15, 0.2) is 11.6 Å². The van der Waals surface area contributed by atoms with Crippen LogP contribution in [-0.4, -0.2) is 30.1 Å². The number of aliphatic carboxylic acids is 1. The van der Waals surface area contributed by atoms with E-state index in [9.17, 15) is 14.7 Å². The van der Waals surface area contributed by atoms with Crippen LogP contribution < -0.4 is 11.1 Å². The molecule has 0 radical (unpaired) electrons. The summed E-state index contributed by atoms with van der Waals surface area (Å²) < 4.78 is 0. The second-order valence-corrected chi connectivity index (χ2v) is 7.45. The normalized spacial score (nSPS) is 12.8. The molecule has 0 saturated heterocycles. The Morgan fingerprint density at radius 1 is 0.963 bits per heavy atom. The van der Waals surface area contributed by atoms with Gasteiger partial charge in [-0.3, -0.25) is 9.59 Å². The van der Waals surface area contributed by atoms with Gasteiger partial charge in [0, 0.05) is 13.1 Å². The summed E-state index contributed by atoms with van der Waals surface area (Å²) in [5, 5.41) is 11.9. The quantitative estimate of drug-likeness (QED) is 0.234. The molecule has 0 rings (SSSR count). The van der Waals surface area contributed by atoms with Gasteiger partial charge in [0.1, 0.15) is 0 Å². The summed E-state index contributed by atoms with van der Waals surface area (Å²) in [5.41, 5.74) is 6.69. The average Bonchev–Trinajstić information content (AvgIpc) is 2.64. The zero-order valence-electron chi connectivity index (χ0n) is 17.6. The molecule has 0 aliphatic heterocycles. The lowest BCUT2D eigenvalue weighted by atomic mass is 9.91. The minimum absolute atomic E-state index is 0.126. The number of carbonyl (C=O) groups is 2. The molecule has 1 atom stereocenters. The molecule has 0 spiro atoms. The minimum Gasteiger partial charge on any atom is -0.481 e. The molecule has 4 N–H and O–H groups in total. The molecule has 0 fully saturated rings. The smallest absolute Gasteiger partial charge is 0.304 e. The van der Waals surface area contributed by atoms with E-state index >= 15 is 0 Å². The molecule has 1 unspecified atom stereocenters. The van der Waals surface area contributed by atoms with Crippen LogP contribution in [0, 0.1) is 5.92 Å². The molecule has 0 aliphatic carbocycles. The molecule has 5 nitrogen and oxygen atoms in total. The Morgan fingerprint density at radius 3 is 2.19 bits per heavy atom. The Bertz CT molecular complexity index is 422. The van der Waals surface area contributed by atoms with E-state index in [1.807, 2.05) is 0 Å². The minimum atomic E-state index is -0.923. The predicted octanol–water partition coefficient (Wildman–Crippen LogP) is 4.80. The number of hydrogen-bond donors (Lipinski definition) is 3. The van der Waals surface area contributed by atoms with Crippen LogP contribution in [0.2, 0.25) is 0 Å². The van der Waals surface area contributed by atoms with Crippen molar-refractivity contribution in [2.24, 2.45) is 11.7 Å². The summed E-state index contributed by atoms with van der Waals surface area (Å²) in [6, 6.07) is 0. The van der Waals surface area contributed by atoms with Crippen molar-refractivity contribution in [1.29, 1.82) is 0 Å². The Labute approximate surface area is 166 Å². The van der Waals surface area contributed by atoms with E-state index in [2.05, 4.69) is 25.2 Å². The fourth-order valence-electron chi connectivity index (χ4n) is 3.24. The number of rotatable bonds is 18. The largest absolute Gasteiger partial charge is 0.481 e. The predicted molar refractivity (Wildman–Crippen MR) is 113 cm³/mol. The maximum atomic E-state index is 12.3. The molecule has 27 heavy (non-hydrogen) atoms. The highest BCUT2D eigenvalue weighted by molar-refractivity contribution is 5.83. The molecule has 0 bridgehead atoms. The van der Waals surface area contributed by atoms with Crippen molar-refractivity contribution in [2.45, 2.75) is 97.3 Å². The third kappa shape index (κ3) is 15.4. The van der Waals surface area contributed by atoms with Crippen LogP contribution in [-0.2, 0) is 9.59 Å². The van der Waals surface area contributed by atoms with E-state index in [0.717, 1.165) is 19.3 Å². The number of nitrogens with one attached hydrogen (secondary N) is 1. The number of carboxylic acids is 1. The topological polar surface area (TPSA) is 92.4 Å². The zero-order valence-corrected chi connectivity index (χ0v) is 17.6. The summed E-state index contributed by atoms with van der Waals surface area (Å²) >= 11 is 0. The van der Waals surface area contributed by atoms with Crippen molar-refractivity contribution in [1.82, 2.24) is 5.32 Å². The van der Waals surface area contributed by atoms with Gasteiger partial charge in [0.15, 0.2) is 0 Å². The standard InChI is InChI=1S/C22H42N2O3/c1-3-5-7-9-10-12-14-19(13-11-8-6-4-2)17-20(18-21(25)26)22(27)24-16-15-23/h14,20H,3-13,15-18,23H2,1-2H3,(H,24,27)(H,25,26). The summed E-state index contributed by atoms with van der Waals surface area (Å²) in [6.45, 7) is 5.16. The molecule has 0 aromatic heterocycles. The Morgan fingerprint density at radius 2 is 1.59 bits per heavy atom. The lowest BCUT2D eigenvalue weighted by Crippen LogP contribution is -2.35. The van der Waals surface area contributed by atoms with Crippen LogP contribution in [0.5, 0.6) is 0 Å². The Hall–Kier alpha value is -1.36. The van der Waals surface area contributed by atoms with Crippen LogP contribution in [0.4, 0.5) is 0 Å². The van der Waals surface area contributed by atoms with E-state index in [4.69, 9.17) is 5.73 Å². The van der Waals surface area contributed by atoms with Crippen molar-refractivity contribution in [3.8, 4) is 0 Å². The molecular weight excluding hydrogens is 340 g/mol. The number of allylic oxidation sites excluding steroid dienone is 2. The number of nitrogens with two attached hydrogens (primary N) is 1. The first kappa shape index (κ1) is 25.6. The summed E-state index contributed by atoms with van der Waals surface area (Å²) in [6.07, 6.45) is 15.6. The monoisotopic (exact) mass is 382 g/mol. The van der Waals surface area contributed by atoms with Gasteiger partial charge in [-0.2, -0.15) is 0 Å². The molecule has 158 valence electrons. The van der Waals surface area contributed by atoms with E-state index in [1.54, 1.807) is 0 Å². The second-order valence-electron chi connectivity index (χ2n) is 7.45. The molecule has 0 aromatic rings. The number of carboxylic acid groups (broad SMARTS) is 1. The third-order valence-electron chi connectivity index (χ3n) is 4.84. The van der Waals surface area contributed by atoms with Crippen molar-refractivity contribution in [3.63, 3.8) is 0 Å². The summed E-state index contributed by atoms with van der Waals surface area (Å²) in [4.78, 5) is 23.5. The SMILES string of the molecule is CCCCCCCC=C(CCCCCC)CC(CC(=O)O)C(=O)NCCN. The van der Waals surface area contributed by atoms with Gasteiger partial charge in [-0.15, -0.1) is 0 Å². The fourth-order valence-corrected chi connectivity index (χ4v) is 3.24. The Kier molecular flexibility index (Phi) is 17.1. The Balaban J connectivity index is 4.78. The van der Waals surface area contributed by atoms with E-state index in [-0.39, 0.29) is 12.3 Å². The molecule has 0 heterocycles. The molecule has 0 aliphatic rings. The first-order valence-electron chi connectivity index (χ1n) is 10.9. The van der Waals surface area contributed by atoms with Crippen molar-refractivity contribution in [2.75, 3.05) is 13.1 Å². The van der Waals surface area contributed by atoms with Gasteiger partial charge < -0.3 is 16.2 Å². The van der Waals surface area contributed by atoms with E-state index < -0.39 is 11.9 Å². The van der Waals surface area contributed by atoms with Gasteiger partial charge in [0.25, 0.3) is 0 Å². The summed E-state index contributed by atoms with van der Waals surface area (Å²) in [7, 11) is 0. The summed E-state index contributed by atoms with van der Waals surface area (Å²) in [5.74, 6) is -1.62. The van der Waals surface area contributed by atoms with Crippen LogP contribution in [0.3, 0.4) is 0 Å². The van der Waals surface area contributed by atoms with Crippen LogP contribution in [0.25, 0.3) is 0 Å². The highest BCUT2D eigenvalue weighted by atomic mass is 16.4. The average molecular weight is 383 g/mol. The van der Waals surface area contributed by atoms with Gasteiger partial charge in [0.05, 0.1) is 12.3 Å². The third-order valence-corrected chi connectivity index (χ3v) is 4.84. The molecular formula is C22H42N2O3. The number of carbonyl (C=O) groups excluding carboxylic acids is 1. The molecule has 5 heteroatoms. The second kappa shape index (κ2) is 18.0. The lowest BCUT2D eigenvalue weighted by molar-refractivity contribution is -0.141. The van der Waals surface area contributed by atoms with Crippen molar-refractivity contribution < 1.29 is 14.7 Å². The van der Waals surface area contributed by atoms with E-state index in [1.165, 1.54) is 56.9 Å². The van der Waals surface area contributed by atoms with Crippen molar-refractivity contribution >= 4 is 11.9 Å². The highest BCUT2D eigenvalue weighted by Crippen LogP contribution is 2.23. The maximum absolute atomic E-state index is 12.3. The van der Waals surface area contributed by atoms with Crippen LogP contribution in [0.1, 0.15) is 97.3 Å². The lowest BCUT2D eigenvalue weighted by Gasteiger charge is -2.17. The van der Waals surface area contributed by atoms with E-state index in [0.29, 0.717) is 19.5 Å². The first-order valence-corrected chi connectivity index (χ1v) is 10.9. The van der Waals surface area contributed by atoms with Crippen LogP contribution >= 0.6 is 0 Å². The number of amides is 1. The van der Waals surface area contributed by atoms with Gasteiger partial charge >= 0.3 is 5.97 Å². The number of hydrogen-bond acceptors (Lipinski definition) is 3. The zero-order chi connectivity index (χ0) is 20.3. The maximum Gasteiger partial charge on any atom is 0.304 e. The first-order chi connectivity index (χ1) is 13.0. The van der Waals surface area contributed by atoms with Gasteiger partial charge in [0.2, 0.25) is 5.91 Å². The number of unbranched alkanes of at least 4 members (excludes halogenated alkanes) is 8. The van der Waals surface area contributed by atoms with Gasteiger partial charge in [-0.25, -0.2) is 0 Å². The molecule has 0 aromatic carbocycles. The van der Waals surface area contributed by atoms with Gasteiger partial charge in [-0.05, 0) is 32.1 Å².